The average Bonchev–Trinajstić information content (AvgIpc) is 3.58. The number of benzene rings is 2. The smallest absolute Gasteiger partial charge is 0.246 e. The Morgan fingerprint density at radius 2 is 1.70 bits per heavy atom. The van der Waals surface area contributed by atoms with Gasteiger partial charge in [-0.05, 0) is 50.3 Å². The van der Waals surface area contributed by atoms with Crippen molar-refractivity contribution in [2.24, 2.45) is 5.92 Å². The first-order valence-electron chi connectivity index (χ1n) is 11.7. The Bertz CT molecular complexity index is 1110. The number of nitrogens with one attached hydrogen (secondary N) is 1. The second kappa shape index (κ2) is 9.61. The van der Waals surface area contributed by atoms with Crippen LogP contribution in [0.4, 0.5) is 5.95 Å². The average molecular weight is 445 g/mol. The van der Waals surface area contributed by atoms with E-state index in [0.29, 0.717) is 11.9 Å². The number of carbonyl (C=O) groups excluding carboxylic acids is 2. The summed E-state index contributed by atoms with van der Waals surface area (Å²) >= 11 is 0. The summed E-state index contributed by atoms with van der Waals surface area (Å²) in [5.41, 5.74) is 3.91. The van der Waals surface area contributed by atoms with E-state index in [1.165, 1.54) is 5.56 Å². The summed E-state index contributed by atoms with van der Waals surface area (Å²) in [5.74, 6) is 0.776. The van der Waals surface area contributed by atoms with Crippen molar-refractivity contribution in [1.82, 2.24) is 14.5 Å². The van der Waals surface area contributed by atoms with E-state index in [-0.39, 0.29) is 30.3 Å². The second-order valence-corrected chi connectivity index (χ2v) is 9.31. The highest BCUT2D eigenvalue weighted by molar-refractivity contribution is 5.94. The summed E-state index contributed by atoms with van der Waals surface area (Å²) < 4.78 is 1.90. The maximum atomic E-state index is 13.0. The van der Waals surface area contributed by atoms with Gasteiger partial charge < -0.3 is 4.90 Å². The van der Waals surface area contributed by atoms with Gasteiger partial charge in [0.25, 0.3) is 0 Å². The van der Waals surface area contributed by atoms with Gasteiger partial charge in [-0.1, -0.05) is 56.3 Å². The molecule has 0 spiro atoms. The third-order valence-corrected chi connectivity index (χ3v) is 6.01. The monoisotopic (exact) mass is 444 g/mol. The number of hydrogen-bond donors (Lipinski definition) is 1. The number of amides is 2. The predicted molar refractivity (Wildman–Crippen MR) is 131 cm³/mol. The first-order chi connectivity index (χ1) is 15.8. The van der Waals surface area contributed by atoms with Crippen LogP contribution < -0.4 is 5.32 Å². The van der Waals surface area contributed by atoms with E-state index in [9.17, 15) is 9.59 Å². The van der Waals surface area contributed by atoms with Crippen LogP contribution in [-0.4, -0.2) is 38.9 Å². The van der Waals surface area contributed by atoms with Crippen LogP contribution in [0.3, 0.4) is 0 Å². The van der Waals surface area contributed by atoms with E-state index in [2.05, 4.69) is 31.3 Å². The molecule has 2 aromatic carbocycles. The van der Waals surface area contributed by atoms with Crippen LogP contribution in [0, 0.1) is 5.92 Å². The van der Waals surface area contributed by atoms with E-state index >= 15 is 0 Å². The van der Waals surface area contributed by atoms with E-state index in [1.54, 1.807) is 4.90 Å². The SMILES string of the molecule is CC(C)c1ccc(-n2cc(-c3ccccc3)nc2NC(=O)CN(C(=O)C2CC2)C(C)C)cc1. The summed E-state index contributed by atoms with van der Waals surface area (Å²) in [6.45, 7) is 8.23. The molecule has 6 heteroatoms. The predicted octanol–water partition coefficient (Wildman–Crippen LogP) is 5.25. The van der Waals surface area contributed by atoms with Crippen molar-refractivity contribution in [3.8, 4) is 16.9 Å². The first kappa shape index (κ1) is 22.8. The third-order valence-electron chi connectivity index (χ3n) is 6.01. The number of anilines is 1. The molecule has 1 aliphatic carbocycles. The molecule has 172 valence electrons. The number of carbonyl (C=O) groups is 2. The van der Waals surface area contributed by atoms with Crippen LogP contribution in [0.15, 0.2) is 60.8 Å². The number of nitrogens with zero attached hydrogens (tertiary/aromatic N) is 3. The molecule has 0 bridgehead atoms. The zero-order valence-corrected chi connectivity index (χ0v) is 19.8. The van der Waals surface area contributed by atoms with Crippen molar-refractivity contribution in [3.05, 3.63) is 66.4 Å². The lowest BCUT2D eigenvalue weighted by Crippen LogP contribution is -2.43. The number of imidazole rings is 1. The summed E-state index contributed by atoms with van der Waals surface area (Å²) in [4.78, 5) is 32.0. The van der Waals surface area contributed by atoms with Gasteiger partial charge in [-0.3, -0.25) is 19.5 Å². The Morgan fingerprint density at radius 1 is 1.03 bits per heavy atom. The van der Waals surface area contributed by atoms with Crippen molar-refractivity contribution in [3.63, 3.8) is 0 Å². The Balaban J connectivity index is 1.62. The Labute approximate surface area is 195 Å². The van der Waals surface area contributed by atoms with Gasteiger partial charge in [0.05, 0.1) is 5.69 Å². The standard InChI is InChI=1S/C27H32N4O2/c1-18(2)20-12-14-23(15-13-20)31-16-24(21-8-6-5-7-9-21)28-27(31)29-25(32)17-30(19(3)4)26(33)22-10-11-22/h5-9,12-16,18-19,22H,10-11,17H2,1-4H3,(H,28,29,32). The lowest BCUT2D eigenvalue weighted by atomic mass is 10.0. The largest absolute Gasteiger partial charge is 0.331 e. The molecule has 0 atom stereocenters. The van der Waals surface area contributed by atoms with E-state index in [4.69, 9.17) is 4.98 Å². The normalized spacial score (nSPS) is 13.4. The Hall–Kier alpha value is -3.41. The highest BCUT2D eigenvalue weighted by atomic mass is 16.2. The maximum absolute atomic E-state index is 13.0. The molecule has 0 saturated heterocycles. The molecule has 4 rings (SSSR count). The van der Waals surface area contributed by atoms with Gasteiger partial charge >= 0.3 is 0 Å². The van der Waals surface area contributed by atoms with Crippen LogP contribution >= 0.6 is 0 Å². The van der Waals surface area contributed by atoms with Crippen LogP contribution in [0.1, 0.15) is 52.0 Å². The van der Waals surface area contributed by atoms with Crippen LogP contribution in [-0.2, 0) is 9.59 Å². The highest BCUT2D eigenvalue weighted by Crippen LogP contribution is 2.31. The van der Waals surface area contributed by atoms with Crippen LogP contribution in [0.5, 0.6) is 0 Å². The minimum absolute atomic E-state index is 0.0207. The van der Waals surface area contributed by atoms with Gasteiger partial charge in [0.15, 0.2) is 0 Å². The lowest BCUT2D eigenvalue weighted by molar-refractivity contribution is -0.137. The molecule has 3 aromatic rings. The molecule has 2 amide bonds. The lowest BCUT2D eigenvalue weighted by Gasteiger charge is -2.26. The summed E-state index contributed by atoms with van der Waals surface area (Å²) in [6.07, 6.45) is 3.77. The second-order valence-electron chi connectivity index (χ2n) is 9.31. The van der Waals surface area contributed by atoms with Crippen molar-refractivity contribution >= 4 is 17.8 Å². The number of hydrogen-bond acceptors (Lipinski definition) is 3. The van der Waals surface area contributed by atoms with E-state index < -0.39 is 0 Å². The maximum Gasteiger partial charge on any atom is 0.246 e. The molecule has 6 nitrogen and oxygen atoms in total. The Morgan fingerprint density at radius 3 is 2.27 bits per heavy atom. The van der Waals surface area contributed by atoms with Crippen molar-refractivity contribution < 1.29 is 9.59 Å². The molecular weight excluding hydrogens is 412 g/mol. The van der Waals surface area contributed by atoms with Gasteiger partial charge in [-0.15, -0.1) is 0 Å². The van der Waals surface area contributed by atoms with Gasteiger partial charge in [-0.2, -0.15) is 0 Å². The van der Waals surface area contributed by atoms with Gasteiger partial charge in [0, 0.05) is 29.4 Å². The first-order valence-corrected chi connectivity index (χ1v) is 11.7. The Kier molecular flexibility index (Phi) is 6.63. The van der Waals surface area contributed by atoms with Crippen LogP contribution in [0.25, 0.3) is 16.9 Å². The minimum Gasteiger partial charge on any atom is -0.331 e. The number of aromatic nitrogens is 2. The zero-order chi connectivity index (χ0) is 23.5. The molecule has 1 N–H and O–H groups in total. The fourth-order valence-corrected chi connectivity index (χ4v) is 3.83. The third kappa shape index (κ3) is 5.33. The van der Waals surface area contributed by atoms with Gasteiger partial charge in [-0.25, -0.2) is 4.98 Å². The molecule has 1 aromatic heterocycles. The van der Waals surface area contributed by atoms with Gasteiger partial charge in [0.1, 0.15) is 6.54 Å². The highest BCUT2D eigenvalue weighted by Gasteiger charge is 2.35. The fourth-order valence-electron chi connectivity index (χ4n) is 3.83. The molecular formula is C27H32N4O2. The molecule has 1 saturated carbocycles. The summed E-state index contributed by atoms with van der Waals surface area (Å²) in [7, 11) is 0. The molecule has 1 aliphatic rings. The van der Waals surface area contributed by atoms with E-state index in [0.717, 1.165) is 29.8 Å². The van der Waals surface area contributed by atoms with Crippen molar-refractivity contribution in [2.45, 2.75) is 52.5 Å². The van der Waals surface area contributed by atoms with Crippen molar-refractivity contribution in [2.75, 3.05) is 11.9 Å². The summed E-state index contributed by atoms with van der Waals surface area (Å²) in [6, 6.07) is 18.1. The molecule has 0 aliphatic heterocycles. The van der Waals surface area contributed by atoms with Crippen molar-refractivity contribution in [1.29, 1.82) is 0 Å². The molecule has 0 unspecified atom stereocenters. The topological polar surface area (TPSA) is 67.2 Å². The molecule has 1 heterocycles. The fraction of sp³-hybridized carbons (Fsp3) is 0.370. The number of rotatable bonds is 8. The quantitative estimate of drug-likeness (QED) is 0.516. The summed E-state index contributed by atoms with van der Waals surface area (Å²) in [5, 5.41) is 2.96. The van der Waals surface area contributed by atoms with E-state index in [1.807, 2.05) is 67.1 Å². The molecule has 33 heavy (non-hydrogen) atoms. The van der Waals surface area contributed by atoms with Gasteiger partial charge in [0.2, 0.25) is 17.8 Å². The minimum atomic E-state index is -0.247. The zero-order valence-electron chi connectivity index (χ0n) is 19.8. The van der Waals surface area contributed by atoms with Crippen LogP contribution in [0.2, 0.25) is 0 Å². The molecule has 1 fully saturated rings. The molecule has 0 radical (unpaired) electrons.